The summed E-state index contributed by atoms with van der Waals surface area (Å²) in [6.07, 6.45) is 3.88. The summed E-state index contributed by atoms with van der Waals surface area (Å²) in [5.74, 6) is -0.251. The van der Waals surface area contributed by atoms with Gasteiger partial charge in [-0.2, -0.15) is 0 Å². The highest BCUT2D eigenvalue weighted by Gasteiger charge is 2.30. The number of hydrogen-bond acceptors (Lipinski definition) is 3. The van der Waals surface area contributed by atoms with Crippen molar-refractivity contribution < 1.29 is 14.0 Å². The third kappa shape index (κ3) is 4.94. The number of halogens is 1. The highest BCUT2D eigenvalue weighted by Crippen LogP contribution is 2.22. The largest absolute Gasteiger partial charge is 0.368 e. The average molecular weight is 335 g/mol. The zero-order chi connectivity index (χ0) is 17.4. The fourth-order valence-electron chi connectivity index (χ4n) is 3.03. The molecular weight excluding hydrogens is 309 g/mol. The molecule has 0 radical (unpaired) electrons. The summed E-state index contributed by atoms with van der Waals surface area (Å²) in [4.78, 5) is 27.0. The van der Waals surface area contributed by atoms with Crippen molar-refractivity contribution in [2.75, 3.05) is 31.1 Å². The Balaban J connectivity index is 2.04. The molecule has 6 heteroatoms. The summed E-state index contributed by atoms with van der Waals surface area (Å²) in [5, 5.41) is 2.93. The molecule has 1 saturated heterocycles. The summed E-state index contributed by atoms with van der Waals surface area (Å²) in [6.45, 7) is 4.73. The van der Waals surface area contributed by atoms with E-state index in [4.69, 9.17) is 0 Å². The Labute approximate surface area is 142 Å². The lowest BCUT2D eigenvalue weighted by Gasteiger charge is -2.42. The molecule has 2 amide bonds. The van der Waals surface area contributed by atoms with Gasteiger partial charge in [0.05, 0.1) is 6.04 Å². The molecule has 5 nitrogen and oxygen atoms in total. The molecule has 0 saturated carbocycles. The highest BCUT2D eigenvalue weighted by atomic mass is 19.1. The van der Waals surface area contributed by atoms with Gasteiger partial charge in [-0.25, -0.2) is 9.18 Å². The van der Waals surface area contributed by atoms with E-state index in [0.717, 1.165) is 37.8 Å². The molecular formula is C18H26FN3O2. The molecule has 2 rings (SSSR count). The fraction of sp³-hybridized carbons (Fsp3) is 0.556. The smallest absolute Gasteiger partial charge is 0.317 e. The van der Waals surface area contributed by atoms with Gasteiger partial charge < -0.3 is 19.9 Å². The van der Waals surface area contributed by atoms with Crippen molar-refractivity contribution >= 4 is 18.0 Å². The van der Waals surface area contributed by atoms with E-state index < -0.39 is 0 Å². The zero-order valence-electron chi connectivity index (χ0n) is 14.2. The van der Waals surface area contributed by atoms with Crippen LogP contribution in [0.4, 0.5) is 14.9 Å². The average Bonchev–Trinajstić information content (AvgIpc) is 2.60. The Morgan fingerprint density at radius 1 is 1.33 bits per heavy atom. The maximum Gasteiger partial charge on any atom is 0.317 e. The molecule has 1 atom stereocenters. The van der Waals surface area contributed by atoms with Gasteiger partial charge in [-0.15, -0.1) is 0 Å². The number of urea groups is 1. The van der Waals surface area contributed by atoms with E-state index in [2.05, 4.69) is 10.2 Å². The number of carbonyl (C=O) groups excluding carboxylic acids is 2. The van der Waals surface area contributed by atoms with E-state index in [9.17, 15) is 14.0 Å². The minimum atomic E-state index is -0.251. The third-order valence-electron chi connectivity index (χ3n) is 4.32. The number of aldehydes is 1. The second-order valence-corrected chi connectivity index (χ2v) is 6.10. The highest BCUT2D eigenvalue weighted by molar-refractivity contribution is 5.75. The van der Waals surface area contributed by atoms with Gasteiger partial charge in [0.1, 0.15) is 12.1 Å². The number of anilines is 1. The lowest BCUT2D eigenvalue weighted by Crippen LogP contribution is -2.57. The SMILES string of the molecule is CCCNC(=O)N1CCN(c2ccc(F)cc2)CC1CCCC=O. The third-order valence-corrected chi connectivity index (χ3v) is 4.32. The second kappa shape index (κ2) is 9.25. The number of unbranched alkanes of at least 4 members (excludes halogenated alkanes) is 1. The van der Waals surface area contributed by atoms with E-state index >= 15 is 0 Å². The van der Waals surface area contributed by atoms with Crippen LogP contribution in [0, 0.1) is 5.82 Å². The number of amides is 2. The topological polar surface area (TPSA) is 52.7 Å². The van der Waals surface area contributed by atoms with Gasteiger partial charge in [0.15, 0.2) is 0 Å². The lowest BCUT2D eigenvalue weighted by molar-refractivity contribution is -0.108. The molecule has 1 unspecified atom stereocenters. The Hall–Kier alpha value is -2.11. The van der Waals surface area contributed by atoms with Crippen molar-refractivity contribution in [3.63, 3.8) is 0 Å². The molecule has 0 spiro atoms. The van der Waals surface area contributed by atoms with E-state index in [1.54, 1.807) is 12.1 Å². The van der Waals surface area contributed by atoms with Crippen molar-refractivity contribution in [2.24, 2.45) is 0 Å². The number of nitrogens with one attached hydrogen (secondary N) is 1. The van der Waals surface area contributed by atoms with Crippen LogP contribution in [-0.4, -0.2) is 49.4 Å². The van der Waals surface area contributed by atoms with Crippen LogP contribution in [0.1, 0.15) is 32.6 Å². The van der Waals surface area contributed by atoms with Gasteiger partial charge in [0, 0.05) is 38.3 Å². The van der Waals surface area contributed by atoms with Crippen molar-refractivity contribution in [3.8, 4) is 0 Å². The van der Waals surface area contributed by atoms with Gasteiger partial charge in [-0.05, 0) is 43.5 Å². The van der Waals surface area contributed by atoms with Crippen LogP contribution < -0.4 is 10.2 Å². The Bertz CT molecular complexity index is 536. The molecule has 0 aromatic heterocycles. The standard InChI is InChI=1S/C18H26FN3O2/c1-2-10-20-18(24)22-12-11-21(14-17(22)5-3-4-13-23)16-8-6-15(19)7-9-16/h6-9,13,17H,2-5,10-12,14H2,1H3,(H,20,24). The van der Waals surface area contributed by atoms with Gasteiger partial charge in [0.25, 0.3) is 0 Å². The van der Waals surface area contributed by atoms with E-state index in [-0.39, 0.29) is 17.9 Å². The molecule has 1 N–H and O–H groups in total. The van der Waals surface area contributed by atoms with Crippen molar-refractivity contribution in [1.29, 1.82) is 0 Å². The first-order chi connectivity index (χ1) is 11.7. The Kier molecular flexibility index (Phi) is 7.03. The molecule has 1 aromatic carbocycles. The van der Waals surface area contributed by atoms with Crippen LogP contribution in [0.2, 0.25) is 0 Å². The Morgan fingerprint density at radius 2 is 2.08 bits per heavy atom. The molecule has 0 aliphatic carbocycles. The zero-order valence-corrected chi connectivity index (χ0v) is 14.2. The molecule has 24 heavy (non-hydrogen) atoms. The summed E-state index contributed by atoms with van der Waals surface area (Å²) in [6, 6.07) is 6.47. The molecule has 1 aliphatic heterocycles. The summed E-state index contributed by atoms with van der Waals surface area (Å²) >= 11 is 0. The van der Waals surface area contributed by atoms with Gasteiger partial charge in [-0.3, -0.25) is 0 Å². The van der Waals surface area contributed by atoms with Crippen LogP contribution in [0.15, 0.2) is 24.3 Å². The van der Waals surface area contributed by atoms with E-state index in [1.807, 2.05) is 11.8 Å². The molecule has 0 bridgehead atoms. The van der Waals surface area contributed by atoms with Gasteiger partial charge in [-0.1, -0.05) is 6.92 Å². The minimum absolute atomic E-state index is 0.0355. The van der Waals surface area contributed by atoms with Crippen LogP contribution in [0.25, 0.3) is 0 Å². The Morgan fingerprint density at radius 3 is 2.75 bits per heavy atom. The van der Waals surface area contributed by atoms with Crippen LogP contribution >= 0.6 is 0 Å². The second-order valence-electron chi connectivity index (χ2n) is 6.10. The first-order valence-electron chi connectivity index (χ1n) is 8.64. The summed E-state index contributed by atoms with van der Waals surface area (Å²) < 4.78 is 13.1. The summed E-state index contributed by atoms with van der Waals surface area (Å²) in [7, 11) is 0. The number of carbonyl (C=O) groups is 2. The molecule has 1 heterocycles. The van der Waals surface area contributed by atoms with E-state index in [0.29, 0.717) is 26.1 Å². The number of piperazine rings is 1. The number of hydrogen-bond donors (Lipinski definition) is 1. The van der Waals surface area contributed by atoms with Crippen LogP contribution in [-0.2, 0) is 4.79 Å². The predicted octanol–water partition coefficient (Wildman–Crippen LogP) is 2.81. The monoisotopic (exact) mass is 335 g/mol. The first-order valence-corrected chi connectivity index (χ1v) is 8.64. The van der Waals surface area contributed by atoms with Gasteiger partial charge >= 0.3 is 6.03 Å². The van der Waals surface area contributed by atoms with Crippen LogP contribution in [0.3, 0.4) is 0 Å². The summed E-state index contributed by atoms with van der Waals surface area (Å²) in [5.41, 5.74) is 0.963. The predicted molar refractivity (Wildman–Crippen MR) is 92.7 cm³/mol. The van der Waals surface area contributed by atoms with Crippen molar-refractivity contribution in [2.45, 2.75) is 38.6 Å². The fourth-order valence-corrected chi connectivity index (χ4v) is 3.03. The lowest BCUT2D eigenvalue weighted by atomic mass is 10.0. The first kappa shape index (κ1) is 18.2. The molecule has 1 aromatic rings. The maximum atomic E-state index is 13.1. The molecule has 132 valence electrons. The maximum absolute atomic E-state index is 13.1. The van der Waals surface area contributed by atoms with Crippen molar-refractivity contribution in [1.82, 2.24) is 10.2 Å². The quantitative estimate of drug-likeness (QED) is 0.616. The number of benzene rings is 1. The van der Waals surface area contributed by atoms with Gasteiger partial charge in [0.2, 0.25) is 0 Å². The van der Waals surface area contributed by atoms with Crippen LogP contribution in [0.5, 0.6) is 0 Å². The number of nitrogens with zero attached hydrogens (tertiary/aromatic N) is 2. The number of rotatable bonds is 7. The van der Waals surface area contributed by atoms with E-state index in [1.165, 1.54) is 12.1 Å². The molecule has 1 fully saturated rings. The molecule has 1 aliphatic rings. The van der Waals surface area contributed by atoms with Crippen molar-refractivity contribution in [3.05, 3.63) is 30.1 Å². The normalized spacial score (nSPS) is 17.7. The minimum Gasteiger partial charge on any atom is -0.368 e.